The van der Waals surface area contributed by atoms with Gasteiger partial charge in [0, 0.05) is 24.2 Å². The van der Waals surface area contributed by atoms with E-state index in [2.05, 4.69) is 10.2 Å². The van der Waals surface area contributed by atoms with Gasteiger partial charge in [0.1, 0.15) is 6.07 Å². The number of amides is 1. The first-order chi connectivity index (χ1) is 9.58. The number of hydrogen-bond donors (Lipinski definition) is 2. The van der Waals surface area contributed by atoms with E-state index >= 15 is 0 Å². The van der Waals surface area contributed by atoms with Crippen molar-refractivity contribution in [1.29, 1.82) is 5.26 Å². The van der Waals surface area contributed by atoms with Gasteiger partial charge < -0.3 is 11.1 Å². The van der Waals surface area contributed by atoms with Gasteiger partial charge >= 0.3 is 0 Å². The fourth-order valence-corrected chi connectivity index (χ4v) is 2.39. The third kappa shape index (κ3) is 3.94. The molecule has 1 aliphatic heterocycles. The molecule has 1 aliphatic rings. The van der Waals surface area contributed by atoms with Crippen LogP contribution in [0.5, 0.6) is 0 Å². The van der Waals surface area contributed by atoms with E-state index in [0.717, 1.165) is 25.9 Å². The highest BCUT2D eigenvalue weighted by Crippen LogP contribution is 2.20. The molecule has 0 aromatic heterocycles. The van der Waals surface area contributed by atoms with Crippen molar-refractivity contribution in [2.24, 2.45) is 5.73 Å². The zero-order valence-electron chi connectivity index (χ0n) is 11.1. The largest absolute Gasteiger partial charge is 0.328 e. The number of benzene rings is 1. The standard InChI is InChI=1S/C14H17ClN4O/c15-11-2-1-10(8-16)13(7-11)18-14(20)9-19-5-3-12(17)4-6-19/h1-2,7,12H,3-6,9,17H2,(H,18,20). The Labute approximate surface area is 123 Å². The number of carbonyl (C=O) groups excluding carboxylic acids is 1. The number of piperidine rings is 1. The van der Waals surface area contributed by atoms with Crippen molar-refractivity contribution in [3.8, 4) is 6.07 Å². The predicted octanol–water partition coefficient (Wildman–Crippen LogP) is 1.57. The van der Waals surface area contributed by atoms with Gasteiger partial charge in [-0.2, -0.15) is 5.26 Å². The molecule has 0 spiro atoms. The Kier molecular flexibility index (Phi) is 4.96. The van der Waals surface area contributed by atoms with E-state index in [1.165, 1.54) is 0 Å². The lowest BCUT2D eigenvalue weighted by Crippen LogP contribution is -2.43. The third-order valence-corrected chi connectivity index (χ3v) is 3.61. The normalized spacial score (nSPS) is 16.6. The topological polar surface area (TPSA) is 82.2 Å². The first kappa shape index (κ1) is 14.8. The SMILES string of the molecule is N#Cc1ccc(Cl)cc1NC(=O)CN1CCC(N)CC1. The van der Waals surface area contributed by atoms with Gasteiger partial charge in [0.15, 0.2) is 0 Å². The quantitative estimate of drug-likeness (QED) is 0.886. The maximum absolute atomic E-state index is 12.0. The van der Waals surface area contributed by atoms with Crippen LogP contribution in [0, 0.1) is 11.3 Å². The van der Waals surface area contributed by atoms with Crippen molar-refractivity contribution in [2.45, 2.75) is 18.9 Å². The summed E-state index contributed by atoms with van der Waals surface area (Å²) >= 11 is 5.88. The molecular formula is C14H17ClN4O. The first-order valence-electron chi connectivity index (χ1n) is 6.56. The highest BCUT2D eigenvalue weighted by Gasteiger charge is 2.18. The minimum absolute atomic E-state index is 0.140. The van der Waals surface area contributed by atoms with Crippen LogP contribution in [0.2, 0.25) is 5.02 Å². The number of nitrogens with two attached hydrogens (primary N) is 1. The Bertz CT molecular complexity index is 532. The molecule has 0 aliphatic carbocycles. The van der Waals surface area contributed by atoms with Crippen molar-refractivity contribution in [1.82, 2.24) is 4.90 Å². The molecule has 0 unspecified atom stereocenters. The van der Waals surface area contributed by atoms with Gasteiger partial charge in [-0.05, 0) is 31.0 Å². The Morgan fingerprint density at radius 2 is 2.20 bits per heavy atom. The molecule has 3 N–H and O–H groups in total. The lowest BCUT2D eigenvalue weighted by Gasteiger charge is -2.29. The van der Waals surface area contributed by atoms with Crippen LogP contribution in [0.3, 0.4) is 0 Å². The fraction of sp³-hybridized carbons (Fsp3) is 0.429. The molecular weight excluding hydrogens is 276 g/mol. The predicted molar refractivity (Wildman–Crippen MR) is 78.4 cm³/mol. The first-order valence-corrected chi connectivity index (χ1v) is 6.93. The molecule has 0 bridgehead atoms. The second kappa shape index (κ2) is 6.71. The average molecular weight is 293 g/mol. The third-order valence-electron chi connectivity index (χ3n) is 3.38. The molecule has 1 aromatic carbocycles. The van der Waals surface area contributed by atoms with Crippen molar-refractivity contribution in [2.75, 3.05) is 25.0 Å². The van der Waals surface area contributed by atoms with Gasteiger partial charge in [0.25, 0.3) is 0 Å². The summed E-state index contributed by atoms with van der Waals surface area (Å²) in [5.74, 6) is -0.140. The number of nitrogens with zero attached hydrogens (tertiary/aromatic N) is 2. The summed E-state index contributed by atoms with van der Waals surface area (Å²) in [6.07, 6.45) is 1.82. The number of nitrogens with one attached hydrogen (secondary N) is 1. The molecule has 2 rings (SSSR count). The maximum atomic E-state index is 12.0. The Morgan fingerprint density at radius 3 is 2.85 bits per heavy atom. The highest BCUT2D eigenvalue weighted by atomic mass is 35.5. The number of anilines is 1. The van der Waals surface area contributed by atoms with E-state index in [9.17, 15) is 4.79 Å². The number of hydrogen-bond acceptors (Lipinski definition) is 4. The average Bonchev–Trinajstić information content (AvgIpc) is 2.41. The molecule has 0 radical (unpaired) electrons. The van der Waals surface area contributed by atoms with Crippen LogP contribution >= 0.6 is 11.6 Å². The van der Waals surface area contributed by atoms with Crippen LogP contribution in [-0.4, -0.2) is 36.5 Å². The maximum Gasteiger partial charge on any atom is 0.238 e. The molecule has 20 heavy (non-hydrogen) atoms. The molecule has 106 valence electrons. The van der Waals surface area contributed by atoms with Crippen molar-refractivity contribution < 1.29 is 4.79 Å². The number of halogens is 1. The smallest absolute Gasteiger partial charge is 0.238 e. The second-order valence-electron chi connectivity index (χ2n) is 4.96. The molecule has 1 heterocycles. The van der Waals surface area contributed by atoms with E-state index in [1.807, 2.05) is 6.07 Å². The summed E-state index contributed by atoms with van der Waals surface area (Å²) in [6.45, 7) is 1.97. The van der Waals surface area contributed by atoms with E-state index < -0.39 is 0 Å². The van der Waals surface area contributed by atoms with Gasteiger partial charge in [-0.1, -0.05) is 11.6 Å². The number of nitriles is 1. The summed E-state index contributed by atoms with van der Waals surface area (Å²) in [4.78, 5) is 14.1. The van der Waals surface area contributed by atoms with Crippen molar-refractivity contribution >= 4 is 23.2 Å². The minimum Gasteiger partial charge on any atom is -0.328 e. The Morgan fingerprint density at radius 1 is 1.50 bits per heavy atom. The number of likely N-dealkylation sites (tertiary alicyclic amines) is 1. The number of carbonyl (C=O) groups is 1. The van der Waals surface area contributed by atoms with Gasteiger partial charge in [-0.3, -0.25) is 9.69 Å². The zero-order valence-corrected chi connectivity index (χ0v) is 11.9. The van der Waals surface area contributed by atoms with Gasteiger partial charge in [0.2, 0.25) is 5.91 Å². The molecule has 1 saturated heterocycles. The van der Waals surface area contributed by atoms with Crippen LogP contribution in [0.25, 0.3) is 0 Å². The van der Waals surface area contributed by atoms with E-state index in [1.54, 1.807) is 18.2 Å². The summed E-state index contributed by atoms with van der Waals surface area (Å²) in [7, 11) is 0. The second-order valence-corrected chi connectivity index (χ2v) is 5.40. The molecule has 1 aromatic rings. The van der Waals surface area contributed by atoms with E-state index in [-0.39, 0.29) is 11.9 Å². The van der Waals surface area contributed by atoms with E-state index in [4.69, 9.17) is 22.6 Å². The monoisotopic (exact) mass is 292 g/mol. The summed E-state index contributed by atoms with van der Waals surface area (Å²) in [5.41, 5.74) is 6.69. The molecule has 0 saturated carbocycles. The zero-order chi connectivity index (χ0) is 14.5. The summed E-state index contributed by atoms with van der Waals surface area (Å²) < 4.78 is 0. The Hall–Kier alpha value is -1.61. The minimum atomic E-state index is -0.140. The molecule has 1 fully saturated rings. The fourth-order valence-electron chi connectivity index (χ4n) is 2.22. The van der Waals surface area contributed by atoms with Gasteiger partial charge in [-0.25, -0.2) is 0 Å². The van der Waals surface area contributed by atoms with Crippen LogP contribution in [0.1, 0.15) is 18.4 Å². The van der Waals surface area contributed by atoms with Crippen LogP contribution in [0.4, 0.5) is 5.69 Å². The molecule has 5 nitrogen and oxygen atoms in total. The van der Waals surface area contributed by atoms with E-state index in [0.29, 0.717) is 22.8 Å². The van der Waals surface area contributed by atoms with Gasteiger partial charge in [-0.15, -0.1) is 0 Å². The van der Waals surface area contributed by atoms with Crippen molar-refractivity contribution in [3.05, 3.63) is 28.8 Å². The van der Waals surface area contributed by atoms with Gasteiger partial charge in [0.05, 0.1) is 17.8 Å². The van der Waals surface area contributed by atoms with Crippen LogP contribution in [-0.2, 0) is 4.79 Å². The molecule has 1 amide bonds. The Balaban J connectivity index is 1.95. The lowest BCUT2D eigenvalue weighted by molar-refractivity contribution is -0.117. The number of rotatable bonds is 3. The summed E-state index contributed by atoms with van der Waals surface area (Å²) in [6, 6.07) is 7.09. The highest BCUT2D eigenvalue weighted by molar-refractivity contribution is 6.31. The van der Waals surface area contributed by atoms with Crippen molar-refractivity contribution in [3.63, 3.8) is 0 Å². The van der Waals surface area contributed by atoms with Crippen LogP contribution < -0.4 is 11.1 Å². The molecule has 0 atom stereocenters. The summed E-state index contributed by atoms with van der Waals surface area (Å²) in [5, 5.41) is 12.2. The van der Waals surface area contributed by atoms with Crippen LogP contribution in [0.15, 0.2) is 18.2 Å². The lowest BCUT2D eigenvalue weighted by atomic mass is 10.1. The molecule has 6 heteroatoms.